The number of hydrogen-bond donors (Lipinski definition) is 0. The van der Waals surface area contributed by atoms with Gasteiger partial charge in [-0.1, -0.05) is 5.92 Å². The van der Waals surface area contributed by atoms with Crippen LogP contribution in [0.2, 0.25) is 0 Å². The zero-order valence-electron chi connectivity index (χ0n) is 6.18. The molecule has 0 aliphatic heterocycles. The molecule has 2 heteroatoms. The molecule has 0 aromatic heterocycles. The largest absolute Gasteiger partial charge is 0.463 e. The van der Waals surface area contributed by atoms with E-state index in [-0.39, 0.29) is 5.97 Å². The van der Waals surface area contributed by atoms with E-state index < -0.39 is 0 Å². The van der Waals surface area contributed by atoms with Crippen LogP contribution in [0.1, 0.15) is 13.8 Å². The number of allylic oxidation sites excluding steroid dienone is 1. The fourth-order valence-electron chi connectivity index (χ4n) is 0.383. The van der Waals surface area contributed by atoms with Gasteiger partial charge in [-0.25, -0.2) is 4.79 Å². The normalized spacial score (nSPS) is 8.60. The van der Waals surface area contributed by atoms with E-state index in [4.69, 9.17) is 0 Å². The molecule has 0 radical (unpaired) electrons. The maximum Gasteiger partial charge on any atom is 0.331 e. The Hall–Kier alpha value is -1.23. The van der Waals surface area contributed by atoms with Gasteiger partial charge in [-0.15, -0.1) is 5.92 Å². The van der Waals surface area contributed by atoms with Crippen LogP contribution in [0.25, 0.3) is 0 Å². The zero-order valence-corrected chi connectivity index (χ0v) is 6.18. The first-order valence-corrected chi connectivity index (χ1v) is 3.06. The Labute approximate surface area is 60.9 Å². The molecule has 0 aromatic rings. The van der Waals surface area contributed by atoms with Crippen molar-refractivity contribution >= 4 is 5.97 Å². The minimum Gasteiger partial charge on any atom is -0.463 e. The third-order valence-electron chi connectivity index (χ3n) is 0.734. The highest BCUT2D eigenvalue weighted by molar-refractivity contribution is 5.82. The lowest BCUT2D eigenvalue weighted by Gasteiger charge is -1.91. The van der Waals surface area contributed by atoms with Crippen LogP contribution in [-0.2, 0) is 9.53 Å². The van der Waals surface area contributed by atoms with Gasteiger partial charge in [0.25, 0.3) is 0 Å². The van der Waals surface area contributed by atoms with Crippen molar-refractivity contribution in [3.05, 3.63) is 12.2 Å². The van der Waals surface area contributed by atoms with E-state index >= 15 is 0 Å². The Kier molecular flexibility index (Phi) is 5.17. The molecular weight excluding hydrogens is 128 g/mol. The Balaban J connectivity index is 3.63. The average Bonchev–Trinajstić information content (AvgIpc) is 1.89. The van der Waals surface area contributed by atoms with Crippen molar-refractivity contribution in [2.24, 2.45) is 0 Å². The molecule has 0 amide bonds. The van der Waals surface area contributed by atoms with Crippen LogP contribution in [-0.4, -0.2) is 12.6 Å². The fraction of sp³-hybridized carbons (Fsp3) is 0.375. The van der Waals surface area contributed by atoms with Crippen LogP contribution in [0, 0.1) is 11.8 Å². The maximum atomic E-state index is 10.5. The van der Waals surface area contributed by atoms with Crippen molar-refractivity contribution in [3.8, 4) is 11.8 Å². The monoisotopic (exact) mass is 138 g/mol. The number of hydrogen-bond acceptors (Lipinski definition) is 2. The standard InChI is InChI=1S/C8H10O2/c1-3-5-6-7-8(9)10-4-2/h6-7H,4H2,1-2H3. The molecule has 0 heterocycles. The second-order valence-corrected chi connectivity index (χ2v) is 1.48. The summed E-state index contributed by atoms with van der Waals surface area (Å²) in [7, 11) is 0. The number of esters is 1. The van der Waals surface area contributed by atoms with Gasteiger partial charge in [-0.3, -0.25) is 0 Å². The lowest BCUT2D eigenvalue weighted by molar-refractivity contribution is -0.137. The molecule has 0 bridgehead atoms. The van der Waals surface area contributed by atoms with E-state index in [2.05, 4.69) is 16.6 Å². The molecule has 0 spiro atoms. The van der Waals surface area contributed by atoms with Crippen LogP contribution in [0.5, 0.6) is 0 Å². The van der Waals surface area contributed by atoms with Crippen molar-refractivity contribution in [1.82, 2.24) is 0 Å². The van der Waals surface area contributed by atoms with Gasteiger partial charge in [0.2, 0.25) is 0 Å². The number of carbonyl (C=O) groups excluding carboxylic acids is 1. The third-order valence-corrected chi connectivity index (χ3v) is 0.734. The predicted molar refractivity (Wildman–Crippen MR) is 39.2 cm³/mol. The maximum absolute atomic E-state index is 10.5. The summed E-state index contributed by atoms with van der Waals surface area (Å²) >= 11 is 0. The van der Waals surface area contributed by atoms with E-state index in [0.29, 0.717) is 6.61 Å². The average molecular weight is 138 g/mol. The summed E-state index contributed by atoms with van der Waals surface area (Å²) < 4.78 is 4.59. The highest BCUT2D eigenvalue weighted by atomic mass is 16.5. The van der Waals surface area contributed by atoms with Crippen molar-refractivity contribution in [2.45, 2.75) is 13.8 Å². The Morgan fingerprint density at radius 1 is 1.70 bits per heavy atom. The topological polar surface area (TPSA) is 26.3 Å². The van der Waals surface area contributed by atoms with Gasteiger partial charge in [0.1, 0.15) is 0 Å². The van der Waals surface area contributed by atoms with E-state index in [1.807, 2.05) is 0 Å². The molecule has 0 aliphatic carbocycles. The molecule has 0 aliphatic rings. The molecule has 0 aromatic carbocycles. The van der Waals surface area contributed by atoms with E-state index in [1.54, 1.807) is 13.8 Å². The van der Waals surface area contributed by atoms with Crippen molar-refractivity contribution in [1.29, 1.82) is 0 Å². The van der Waals surface area contributed by atoms with Gasteiger partial charge >= 0.3 is 5.97 Å². The fourth-order valence-corrected chi connectivity index (χ4v) is 0.383. The van der Waals surface area contributed by atoms with Gasteiger partial charge in [0.05, 0.1) is 6.61 Å². The molecule has 2 nitrogen and oxygen atoms in total. The van der Waals surface area contributed by atoms with Crippen LogP contribution in [0.15, 0.2) is 12.2 Å². The summed E-state index contributed by atoms with van der Waals surface area (Å²) in [4.78, 5) is 10.5. The molecule has 0 saturated heterocycles. The number of carbonyl (C=O) groups is 1. The lowest BCUT2D eigenvalue weighted by Crippen LogP contribution is -1.98. The van der Waals surface area contributed by atoms with Gasteiger partial charge in [-0.05, 0) is 19.9 Å². The summed E-state index contributed by atoms with van der Waals surface area (Å²) in [6.45, 7) is 3.87. The molecule has 0 fully saturated rings. The number of rotatable bonds is 2. The quantitative estimate of drug-likeness (QED) is 0.325. The van der Waals surface area contributed by atoms with Crippen LogP contribution in [0.3, 0.4) is 0 Å². The highest BCUT2D eigenvalue weighted by Gasteiger charge is 1.89. The van der Waals surface area contributed by atoms with E-state index in [9.17, 15) is 4.79 Å². The van der Waals surface area contributed by atoms with Gasteiger partial charge in [0.15, 0.2) is 0 Å². The molecule has 10 heavy (non-hydrogen) atoms. The minimum absolute atomic E-state index is 0.342. The van der Waals surface area contributed by atoms with E-state index in [0.717, 1.165) is 0 Å². The summed E-state index contributed by atoms with van der Waals surface area (Å²) in [5.41, 5.74) is 0. The smallest absolute Gasteiger partial charge is 0.331 e. The second-order valence-electron chi connectivity index (χ2n) is 1.48. The van der Waals surface area contributed by atoms with Gasteiger partial charge in [-0.2, -0.15) is 0 Å². The summed E-state index contributed by atoms with van der Waals surface area (Å²) in [6.07, 6.45) is 2.78. The number of ether oxygens (including phenoxy) is 1. The molecular formula is C8H10O2. The van der Waals surface area contributed by atoms with Crippen LogP contribution >= 0.6 is 0 Å². The first kappa shape index (κ1) is 8.77. The van der Waals surface area contributed by atoms with E-state index in [1.165, 1.54) is 12.2 Å². The molecule has 0 rings (SSSR count). The molecule has 0 saturated carbocycles. The minimum atomic E-state index is -0.342. The first-order chi connectivity index (χ1) is 4.81. The third kappa shape index (κ3) is 4.92. The SMILES string of the molecule is CC#CC=CC(=O)OCC. The van der Waals surface area contributed by atoms with Gasteiger partial charge < -0.3 is 4.74 Å². The summed E-state index contributed by atoms with van der Waals surface area (Å²) in [6, 6.07) is 0. The lowest BCUT2D eigenvalue weighted by atomic mass is 10.5. The highest BCUT2D eigenvalue weighted by Crippen LogP contribution is 1.79. The summed E-state index contributed by atoms with van der Waals surface area (Å²) in [5, 5.41) is 0. The molecule has 0 N–H and O–H groups in total. The van der Waals surface area contributed by atoms with Crippen molar-refractivity contribution in [2.75, 3.05) is 6.61 Å². The zero-order chi connectivity index (χ0) is 7.82. The van der Waals surface area contributed by atoms with Crippen LogP contribution in [0.4, 0.5) is 0 Å². The molecule has 54 valence electrons. The van der Waals surface area contributed by atoms with Gasteiger partial charge in [0, 0.05) is 6.08 Å². The van der Waals surface area contributed by atoms with Crippen molar-refractivity contribution in [3.63, 3.8) is 0 Å². The molecule has 0 atom stereocenters. The predicted octanol–water partition coefficient (Wildman–Crippen LogP) is 1.13. The van der Waals surface area contributed by atoms with Crippen molar-refractivity contribution < 1.29 is 9.53 Å². The Bertz CT molecular complexity index is 181. The Morgan fingerprint density at radius 2 is 2.40 bits per heavy atom. The second kappa shape index (κ2) is 5.90. The summed E-state index contributed by atoms with van der Waals surface area (Å²) in [5.74, 6) is 4.88. The first-order valence-electron chi connectivity index (χ1n) is 3.06. The Morgan fingerprint density at radius 3 is 2.90 bits per heavy atom. The van der Waals surface area contributed by atoms with Crippen LogP contribution < -0.4 is 0 Å². The molecule has 0 unspecified atom stereocenters.